The number of hydrogen-bond acceptors (Lipinski definition) is 5. The molecule has 6 nitrogen and oxygen atoms in total. The predicted molar refractivity (Wildman–Crippen MR) is 89.7 cm³/mol. The molecule has 2 rings (SSSR count). The summed E-state index contributed by atoms with van der Waals surface area (Å²) in [6.45, 7) is 3.45. The number of hydrogen-bond donors (Lipinski definition) is 0. The predicted octanol–water partition coefficient (Wildman–Crippen LogP) is 1.33. The van der Waals surface area contributed by atoms with E-state index in [1.54, 1.807) is 19.0 Å². The van der Waals surface area contributed by atoms with Crippen LogP contribution in [0.25, 0.3) is 10.2 Å². The molecule has 0 radical (unpaired) electrons. The van der Waals surface area contributed by atoms with E-state index in [9.17, 15) is 9.59 Å². The van der Waals surface area contributed by atoms with Crippen molar-refractivity contribution in [2.75, 3.05) is 34.2 Å². The van der Waals surface area contributed by atoms with Crippen LogP contribution < -0.4 is 5.56 Å². The van der Waals surface area contributed by atoms with Crippen LogP contribution in [-0.2, 0) is 7.05 Å². The molecule has 0 unspecified atom stereocenters. The minimum atomic E-state index is -0.104. The first-order valence-electron chi connectivity index (χ1n) is 7.18. The van der Waals surface area contributed by atoms with Gasteiger partial charge in [-0.15, -0.1) is 11.3 Å². The van der Waals surface area contributed by atoms with Crippen LogP contribution in [0, 0.1) is 6.92 Å². The van der Waals surface area contributed by atoms with Crippen molar-refractivity contribution in [2.45, 2.75) is 13.3 Å². The topological polar surface area (TPSA) is 58.4 Å². The fourth-order valence-electron chi connectivity index (χ4n) is 2.31. The molecule has 0 bridgehead atoms. The molecule has 0 fully saturated rings. The van der Waals surface area contributed by atoms with E-state index in [0.717, 1.165) is 18.5 Å². The minimum Gasteiger partial charge on any atom is -0.341 e. The van der Waals surface area contributed by atoms with Crippen molar-refractivity contribution in [1.29, 1.82) is 0 Å². The standard InChI is InChI=1S/C15H22N4O2S/c1-10-11-13(16-9-19(5)14(11)20)22-12(10)15(21)18(4)8-6-7-17(2)3/h9H,6-8H2,1-5H3. The van der Waals surface area contributed by atoms with Gasteiger partial charge in [0.25, 0.3) is 11.5 Å². The highest BCUT2D eigenvalue weighted by Gasteiger charge is 2.21. The Morgan fingerprint density at radius 1 is 1.32 bits per heavy atom. The number of aromatic nitrogens is 2. The maximum Gasteiger partial charge on any atom is 0.264 e. The lowest BCUT2D eigenvalue weighted by Crippen LogP contribution is -2.29. The van der Waals surface area contributed by atoms with E-state index in [0.29, 0.717) is 21.6 Å². The molecule has 0 saturated heterocycles. The van der Waals surface area contributed by atoms with E-state index in [-0.39, 0.29) is 11.5 Å². The number of amides is 1. The lowest BCUT2D eigenvalue weighted by Gasteiger charge is -2.18. The summed E-state index contributed by atoms with van der Waals surface area (Å²) in [5.74, 6) is -0.0405. The SMILES string of the molecule is Cc1c(C(=O)N(C)CCCN(C)C)sc2ncn(C)c(=O)c12. The van der Waals surface area contributed by atoms with Gasteiger partial charge in [-0.1, -0.05) is 0 Å². The van der Waals surface area contributed by atoms with E-state index in [2.05, 4.69) is 9.88 Å². The Balaban J connectivity index is 2.27. The molecule has 2 aromatic rings. The Morgan fingerprint density at radius 3 is 2.64 bits per heavy atom. The summed E-state index contributed by atoms with van der Waals surface area (Å²) in [7, 11) is 7.49. The zero-order chi connectivity index (χ0) is 16.4. The molecule has 0 aliphatic heterocycles. The van der Waals surface area contributed by atoms with Crippen LogP contribution in [0.2, 0.25) is 0 Å². The lowest BCUT2D eigenvalue weighted by atomic mass is 10.2. The molecular formula is C15H22N4O2S. The molecule has 0 aliphatic rings. The minimum absolute atomic E-state index is 0.0405. The van der Waals surface area contributed by atoms with Crippen molar-refractivity contribution in [3.05, 3.63) is 27.1 Å². The van der Waals surface area contributed by atoms with Crippen molar-refractivity contribution < 1.29 is 4.79 Å². The molecule has 7 heteroatoms. The summed E-state index contributed by atoms with van der Waals surface area (Å²) >= 11 is 1.30. The molecule has 0 aromatic carbocycles. The summed E-state index contributed by atoms with van der Waals surface area (Å²) in [4.78, 5) is 34.1. The summed E-state index contributed by atoms with van der Waals surface area (Å²) in [5, 5.41) is 0.556. The molecule has 0 aliphatic carbocycles. The number of thiophene rings is 1. The number of carbonyl (C=O) groups is 1. The van der Waals surface area contributed by atoms with Crippen LogP contribution in [-0.4, -0.2) is 59.5 Å². The molecule has 0 saturated carbocycles. The first-order chi connectivity index (χ1) is 10.3. The maximum atomic E-state index is 12.6. The van der Waals surface area contributed by atoms with E-state index >= 15 is 0 Å². The number of nitrogens with zero attached hydrogens (tertiary/aromatic N) is 4. The van der Waals surface area contributed by atoms with Gasteiger partial charge in [-0.2, -0.15) is 0 Å². The monoisotopic (exact) mass is 322 g/mol. The Labute approximate surface area is 134 Å². The van der Waals surface area contributed by atoms with Crippen LogP contribution >= 0.6 is 11.3 Å². The molecule has 0 spiro atoms. The molecular weight excluding hydrogens is 300 g/mol. The van der Waals surface area contributed by atoms with Crippen molar-refractivity contribution >= 4 is 27.5 Å². The normalized spacial score (nSPS) is 11.4. The average molecular weight is 322 g/mol. The third kappa shape index (κ3) is 3.20. The van der Waals surface area contributed by atoms with Gasteiger partial charge in [0.1, 0.15) is 4.83 Å². The van der Waals surface area contributed by atoms with Crippen LogP contribution in [0.4, 0.5) is 0 Å². The van der Waals surface area contributed by atoms with E-state index < -0.39 is 0 Å². The second-order valence-corrected chi connectivity index (χ2v) is 6.78. The molecule has 0 atom stereocenters. The lowest BCUT2D eigenvalue weighted by molar-refractivity contribution is 0.0795. The van der Waals surface area contributed by atoms with Crippen LogP contribution in [0.5, 0.6) is 0 Å². The Bertz CT molecular complexity index is 748. The Hall–Kier alpha value is -1.73. The zero-order valence-electron chi connectivity index (χ0n) is 13.7. The number of carbonyl (C=O) groups excluding carboxylic acids is 1. The number of aryl methyl sites for hydroxylation is 2. The highest BCUT2D eigenvalue weighted by atomic mass is 32.1. The van der Waals surface area contributed by atoms with Gasteiger partial charge in [-0.3, -0.25) is 9.59 Å². The molecule has 0 N–H and O–H groups in total. The van der Waals surface area contributed by atoms with Gasteiger partial charge in [-0.05, 0) is 39.5 Å². The number of fused-ring (bicyclic) bond motifs is 1. The highest BCUT2D eigenvalue weighted by Crippen LogP contribution is 2.27. The first-order valence-corrected chi connectivity index (χ1v) is 7.99. The summed E-state index contributed by atoms with van der Waals surface area (Å²) in [5.41, 5.74) is 0.631. The van der Waals surface area contributed by atoms with Crippen molar-refractivity contribution in [3.8, 4) is 0 Å². The van der Waals surface area contributed by atoms with Crippen LogP contribution in [0.3, 0.4) is 0 Å². The molecule has 2 heterocycles. The van der Waals surface area contributed by atoms with E-state index in [1.165, 1.54) is 22.2 Å². The third-order valence-electron chi connectivity index (χ3n) is 3.65. The van der Waals surface area contributed by atoms with Gasteiger partial charge in [0.15, 0.2) is 0 Å². The van der Waals surface area contributed by atoms with Crippen molar-refractivity contribution in [1.82, 2.24) is 19.4 Å². The fraction of sp³-hybridized carbons (Fsp3) is 0.533. The number of rotatable bonds is 5. The maximum absolute atomic E-state index is 12.6. The molecule has 120 valence electrons. The largest absolute Gasteiger partial charge is 0.341 e. The van der Waals surface area contributed by atoms with Crippen molar-refractivity contribution in [3.63, 3.8) is 0 Å². The summed E-state index contributed by atoms with van der Waals surface area (Å²) in [6.07, 6.45) is 2.41. The first kappa shape index (κ1) is 16.6. The van der Waals surface area contributed by atoms with Gasteiger partial charge < -0.3 is 14.4 Å². The van der Waals surface area contributed by atoms with Crippen LogP contribution in [0.1, 0.15) is 21.7 Å². The van der Waals surface area contributed by atoms with Gasteiger partial charge in [0, 0.05) is 20.6 Å². The van der Waals surface area contributed by atoms with Crippen molar-refractivity contribution in [2.24, 2.45) is 7.05 Å². The van der Waals surface area contributed by atoms with Gasteiger partial charge in [-0.25, -0.2) is 4.98 Å². The van der Waals surface area contributed by atoms with Gasteiger partial charge >= 0.3 is 0 Å². The molecule has 1 amide bonds. The summed E-state index contributed by atoms with van der Waals surface area (Å²) in [6, 6.07) is 0. The smallest absolute Gasteiger partial charge is 0.264 e. The average Bonchev–Trinajstić information content (AvgIpc) is 2.79. The fourth-order valence-corrected chi connectivity index (χ4v) is 3.45. The Kier molecular flexibility index (Phi) is 4.97. The van der Waals surface area contributed by atoms with E-state index in [1.807, 2.05) is 21.0 Å². The molecule has 22 heavy (non-hydrogen) atoms. The van der Waals surface area contributed by atoms with E-state index in [4.69, 9.17) is 0 Å². The van der Waals surface area contributed by atoms with Crippen LogP contribution in [0.15, 0.2) is 11.1 Å². The molecule has 2 aromatic heterocycles. The quantitative estimate of drug-likeness (QED) is 0.833. The zero-order valence-corrected chi connectivity index (χ0v) is 14.5. The van der Waals surface area contributed by atoms with Gasteiger partial charge in [0.05, 0.1) is 16.6 Å². The second kappa shape index (κ2) is 6.58. The second-order valence-electron chi connectivity index (χ2n) is 5.78. The third-order valence-corrected chi connectivity index (χ3v) is 4.84. The summed E-state index contributed by atoms with van der Waals surface area (Å²) < 4.78 is 1.44. The Morgan fingerprint density at radius 2 is 2.00 bits per heavy atom. The highest BCUT2D eigenvalue weighted by molar-refractivity contribution is 7.20. The van der Waals surface area contributed by atoms with Gasteiger partial charge in [0.2, 0.25) is 0 Å².